The summed E-state index contributed by atoms with van der Waals surface area (Å²) in [5, 5.41) is 9.10. The van der Waals surface area contributed by atoms with Crippen LogP contribution in [-0.2, 0) is 14.4 Å². The molecule has 2 fully saturated rings. The summed E-state index contributed by atoms with van der Waals surface area (Å²) in [5.41, 5.74) is 0.479. The van der Waals surface area contributed by atoms with Gasteiger partial charge in [0.15, 0.2) is 11.5 Å². The topological polar surface area (TPSA) is 96.4 Å². The first kappa shape index (κ1) is 16.8. The van der Waals surface area contributed by atoms with Crippen LogP contribution in [0.15, 0.2) is 18.2 Å². The molecule has 3 aliphatic rings. The lowest BCUT2D eigenvalue weighted by Gasteiger charge is -2.33. The number of anilines is 1. The van der Waals surface area contributed by atoms with Gasteiger partial charge in [0, 0.05) is 6.07 Å². The molecule has 0 aliphatic carbocycles. The number of hydrogen-bond donors (Lipinski definition) is 1. The third-order valence-corrected chi connectivity index (χ3v) is 5.23. The molecule has 26 heavy (non-hydrogen) atoms. The molecule has 0 unspecified atom stereocenters. The summed E-state index contributed by atoms with van der Waals surface area (Å²) in [5.74, 6) is -0.548. The second-order valence-electron chi connectivity index (χ2n) is 6.76. The van der Waals surface area contributed by atoms with Gasteiger partial charge in [0.2, 0.25) is 5.91 Å². The lowest BCUT2D eigenvalue weighted by molar-refractivity contribution is -0.143. The van der Waals surface area contributed by atoms with Crippen LogP contribution in [0.3, 0.4) is 0 Å². The van der Waals surface area contributed by atoms with E-state index in [-0.39, 0.29) is 24.2 Å². The van der Waals surface area contributed by atoms with Gasteiger partial charge in [0.1, 0.15) is 13.2 Å². The Hall–Kier alpha value is -2.61. The molecule has 1 aromatic rings. The van der Waals surface area contributed by atoms with Crippen molar-refractivity contribution in [2.75, 3.05) is 31.2 Å². The van der Waals surface area contributed by atoms with E-state index in [1.54, 1.807) is 18.2 Å². The summed E-state index contributed by atoms with van der Waals surface area (Å²) in [7, 11) is 0. The van der Waals surface area contributed by atoms with Crippen molar-refractivity contribution >= 4 is 23.5 Å². The number of carboxylic acid groups (broad SMARTS) is 1. The minimum Gasteiger partial charge on any atom is -0.486 e. The Kier molecular flexibility index (Phi) is 4.28. The highest BCUT2D eigenvalue weighted by atomic mass is 16.6. The second-order valence-corrected chi connectivity index (χ2v) is 6.76. The van der Waals surface area contributed by atoms with Crippen LogP contribution in [0.1, 0.15) is 19.3 Å². The average molecular weight is 360 g/mol. The molecule has 0 bridgehead atoms. The van der Waals surface area contributed by atoms with Crippen LogP contribution in [0.2, 0.25) is 0 Å². The first-order chi connectivity index (χ1) is 12.5. The molecule has 8 nitrogen and oxygen atoms in total. The largest absolute Gasteiger partial charge is 0.486 e. The van der Waals surface area contributed by atoms with Crippen molar-refractivity contribution in [1.29, 1.82) is 0 Å². The number of fused-ring (bicyclic) bond motifs is 1. The maximum atomic E-state index is 12.9. The number of benzene rings is 1. The summed E-state index contributed by atoms with van der Waals surface area (Å²) in [6, 6.07) is 4.52. The molecule has 138 valence electrons. The first-order valence-corrected chi connectivity index (χ1v) is 8.78. The molecule has 1 atom stereocenters. The molecule has 0 spiro atoms. The van der Waals surface area contributed by atoms with Crippen LogP contribution in [0.5, 0.6) is 11.5 Å². The summed E-state index contributed by atoms with van der Waals surface area (Å²) in [4.78, 5) is 39.6. The number of likely N-dealkylation sites (tertiary alicyclic amines) is 1. The predicted octanol–water partition coefficient (Wildman–Crippen LogP) is 0.886. The molecule has 4 rings (SSSR count). The number of carbonyl (C=O) groups is 3. The molecular weight excluding hydrogens is 340 g/mol. The summed E-state index contributed by atoms with van der Waals surface area (Å²) >= 11 is 0. The minimum atomic E-state index is -0.795. The van der Waals surface area contributed by atoms with Gasteiger partial charge in [-0.25, -0.2) is 4.90 Å². The van der Waals surface area contributed by atoms with Gasteiger partial charge in [-0.05, 0) is 38.1 Å². The Morgan fingerprint density at radius 2 is 1.77 bits per heavy atom. The number of carbonyl (C=O) groups excluding carboxylic acids is 2. The Labute approximate surface area is 150 Å². The highest BCUT2D eigenvalue weighted by Gasteiger charge is 2.44. The zero-order valence-electron chi connectivity index (χ0n) is 14.2. The van der Waals surface area contributed by atoms with E-state index < -0.39 is 12.0 Å². The third-order valence-electron chi connectivity index (χ3n) is 5.23. The number of carboxylic acids is 1. The van der Waals surface area contributed by atoms with E-state index in [1.807, 2.05) is 4.90 Å². The third kappa shape index (κ3) is 2.90. The molecular formula is C18H20N2O6. The van der Waals surface area contributed by atoms with Gasteiger partial charge in [-0.1, -0.05) is 0 Å². The fourth-order valence-electron chi connectivity index (χ4n) is 3.80. The number of imide groups is 1. The number of rotatable bonds is 3. The Morgan fingerprint density at radius 3 is 2.46 bits per heavy atom. The smallest absolute Gasteiger partial charge is 0.306 e. The minimum absolute atomic E-state index is 0.116. The standard InChI is InChI=1S/C18H20N2O6/c21-16-10-13(19-5-3-11(4-6-19)18(23)24)17(22)20(16)12-1-2-14-15(9-12)26-8-7-25-14/h1-2,9,11,13H,3-8,10H2,(H,23,24)/t13-/m1/s1. The molecule has 2 amide bonds. The molecule has 0 radical (unpaired) electrons. The van der Waals surface area contributed by atoms with Gasteiger partial charge in [-0.15, -0.1) is 0 Å². The number of amides is 2. The van der Waals surface area contributed by atoms with Gasteiger partial charge in [-0.3, -0.25) is 19.3 Å². The maximum Gasteiger partial charge on any atom is 0.306 e. The van der Waals surface area contributed by atoms with Crippen molar-refractivity contribution in [2.24, 2.45) is 5.92 Å². The number of ether oxygens (including phenoxy) is 2. The van der Waals surface area contributed by atoms with Crippen molar-refractivity contribution in [3.63, 3.8) is 0 Å². The van der Waals surface area contributed by atoms with E-state index >= 15 is 0 Å². The van der Waals surface area contributed by atoms with E-state index in [0.29, 0.717) is 56.3 Å². The molecule has 2 saturated heterocycles. The molecule has 0 saturated carbocycles. The predicted molar refractivity (Wildman–Crippen MR) is 90.3 cm³/mol. The maximum absolute atomic E-state index is 12.9. The van der Waals surface area contributed by atoms with Gasteiger partial charge < -0.3 is 14.6 Å². The number of piperidine rings is 1. The SMILES string of the molecule is O=C(O)C1CCN([C@@H]2CC(=O)N(c3ccc4c(c3)OCCO4)C2=O)CC1. The highest BCUT2D eigenvalue weighted by Crippen LogP contribution is 2.36. The average Bonchev–Trinajstić information content (AvgIpc) is 2.95. The lowest BCUT2D eigenvalue weighted by Crippen LogP contribution is -2.46. The number of hydrogen-bond acceptors (Lipinski definition) is 6. The monoisotopic (exact) mass is 360 g/mol. The van der Waals surface area contributed by atoms with Crippen molar-refractivity contribution in [1.82, 2.24) is 4.90 Å². The van der Waals surface area contributed by atoms with Crippen LogP contribution in [0.4, 0.5) is 5.69 Å². The molecule has 3 heterocycles. The van der Waals surface area contributed by atoms with E-state index in [2.05, 4.69) is 0 Å². The number of nitrogens with zero attached hydrogens (tertiary/aromatic N) is 2. The lowest BCUT2D eigenvalue weighted by atomic mass is 9.96. The normalized spacial score (nSPS) is 24.2. The number of aliphatic carboxylic acids is 1. The Balaban J connectivity index is 1.50. The van der Waals surface area contributed by atoms with Crippen molar-refractivity contribution in [2.45, 2.75) is 25.3 Å². The van der Waals surface area contributed by atoms with Crippen LogP contribution in [-0.4, -0.2) is 60.1 Å². The van der Waals surface area contributed by atoms with Crippen LogP contribution in [0, 0.1) is 5.92 Å². The second kappa shape index (κ2) is 6.60. The van der Waals surface area contributed by atoms with Crippen LogP contribution < -0.4 is 14.4 Å². The van der Waals surface area contributed by atoms with Gasteiger partial charge in [0.05, 0.1) is 24.1 Å². The summed E-state index contributed by atoms with van der Waals surface area (Å²) in [6.07, 6.45) is 1.11. The summed E-state index contributed by atoms with van der Waals surface area (Å²) in [6.45, 7) is 1.92. The molecule has 8 heteroatoms. The van der Waals surface area contributed by atoms with E-state index in [9.17, 15) is 14.4 Å². The van der Waals surface area contributed by atoms with Crippen molar-refractivity contribution in [3.8, 4) is 11.5 Å². The molecule has 1 aromatic carbocycles. The van der Waals surface area contributed by atoms with Crippen LogP contribution >= 0.6 is 0 Å². The van der Waals surface area contributed by atoms with E-state index in [1.165, 1.54) is 4.90 Å². The fraction of sp³-hybridized carbons (Fsp3) is 0.500. The quantitative estimate of drug-likeness (QED) is 0.800. The molecule has 1 N–H and O–H groups in total. The Morgan fingerprint density at radius 1 is 1.08 bits per heavy atom. The molecule has 3 aliphatic heterocycles. The first-order valence-electron chi connectivity index (χ1n) is 8.78. The highest BCUT2D eigenvalue weighted by molar-refractivity contribution is 6.22. The van der Waals surface area contributed by atoms with E-state index in [4.69, 9.17) is 14.6 Å². The van der Waals surface area contributed by atoms with Gasteiger partial charge >= 0.3 is 5.97 Å². The molecule has 0 aromatic heterocycles. The van der Waals surface area contributed by atoms with Crippen LogP contribution in [0.25, 0.3) is 0 Å². The zero-order valence-corrected chi connectivity index (χ0v) is 14.2. The summed E-state index contributed by atoms with van der Waals surface area (Å²) < 4.78 is 11.0. The van der Waals surface area contributed by atoms with Crippen molar-refractivity contribution in [3.05, 3.63) is 18.2 Å². The fourth-order valence-corrected chi connectivity index (χ4v) is 3.80. The van der Waals surface area contributed by atoms with Gasteiger partial charge in [-0.2, -0.15) is 0 Å². The van der Waals surface area contributed by atoms with E-state index in [0.717, 1.165) is 0 Å². The Bertz CT molecular complexity index is 756. The van der Waals surface area contributed by atoms with Gasteiger partial charge in [0.25, 0.3) is 5.91 Å². The zero-order chi connectivity index (χ0) is 18.3. The van der Waals surface area contributed by atoms with Crippen molar-refractivity contribution < 1.29 is 29.0 Å².